The fourth-order valence-corrected chi connectivity index (χ4v) is 8.97. The highest BCUT2D eigenvalue weighted by Crippen LogP contribution is 2.15. The molecule has 6 nitrogen and oxygen atoms in total. The van der Waals surface area contributed by atoms with Gasteiger partial charge < -0.3 is 14.2 Å². The van der Waals surface area contributed by atoms with Crippen molar-refractivity contribution in [2.24, 2.45) is 0 Å². The predicted molar refractivity (Wildman–Crippen MR) is 362 cm³/mol. The zero-order chi connectivity index (χ0) is 59.9. The summed E-state index contributed by atoms with van der Waals surface area (Å²) in [5, 5.41) is 0. The summed E-state index contributed by atoms with van der Waals surface area (Å²) in [6, 6.07) is 0. The number of rotatable bonds is 60. The van der Waals surface area contributed by atoms with Crippen LogP contribution in [0.3, 0.4) is 0 Å². The first-order valence-electron chi connectivity index (χ1n) is 34.0. The van der Waals surface area contributed by atoms with Gasteiger partial charge in [0.15, 0.2) is 6.10 Å². The van der Waals surface area contributed by atoms with Crippen LogP contribution in [-0.2, 0) is 28.6 Å². The van der Waals surface area contributed by atoms with E-state index in [1.165, 1.54) is 83.5 Å². The maximum absolute atomic E-state index is 13.0. The quantitative estimate of drug-likeness (QED) is 0.0261. The van der Waals surface area contributed by atoms with Crippen LogP contribution >= 0.6 is 0 Å². The monoisotopic (exact) mass is 1140 g/mol. The molecule has 0 fully saturated rings. The Labute approximate surface area is 511 Å². The van der Waals surface area contributed by atoms with Gasteiger partial charge in [-0.15, -0.1) is 0 Å². The van der Waals surface area contributed by atoms with E-state index < -0.39 is 6.10 Å². The van der Waals surface area contributed by atoms with Crippen LogP contribution in [0.4, 0.5) is 0 Å². The first-order valence-corrected chi connectivity index (χ1v) is 34.0. The Balaban J connectivity index is 4.46. The average Bonchev–Trinajstić information content (AvgIpc) is 3.49. The van der Waals surface area contributed by atoms with E-state index in [9.17, 15) is 14.4 Å². The third-order valence-electron chi connectivity index (χ3n) is 14.0. The Kier molecular flexibility index (Phi) is 65.4. The maximum atomic E-state index is 13.0. The minimum Gasteiger partial charge on any atom is -0.462 e. The van der Waals surface area contributed by atoms with Crippen LogP contribution in [0.2, 0.25) is 0 Å². The first-order chi connectivity index (χ1) is 41.0. The Morgan fingerprint density at radius 1 is 0.253 bits per heavy atom. The van der Waals surface area contributed by atoms with Gasteiger partial charge in [0.05, 0.1) is 0 Å². The Morgan fingerprint density at radius 3 is 0.735 bits per heavy atom. The normalized spacial score (nSPS) is 13.1. The molecule has 0 spiro atoms. The van der Waals surface area contributed by atoms with E-state index in [0.29, 0.717) is 19.3 Å². The molecule has 0 aromatic carbocycles. The minimum absolute atomic E-state index is 0.0985. The second kappa shape index (κ2) is 69.5. The molecule has 0 aromatic rings. The molecule has 0 amide bonds. The van der Waals surface area contributed by atoms with Crippen molar-refractivity contribution in [3.8, 4) is 0 Å². The third-order valence-corrected chi connectivity index (χ3v) is 14.0. The number of unbranched alkanes of at least 4 members (excludes halogenated alkanes) is 23. The first kappa shape index (κ1) is 78.0. The molecule has 0 aromatic heterocycles. The van der Waals surface area contributed by atoms with Gasteiger partial charge in [0.25, 0.3) is 0 Å². The molecule has 0 rings (SSSR count). The van der Waals surface area contributed by atoms with Crippen LogP contribution in [-0.4, -0.2) is 37.2 Å². The number of esters is 3. The van der Waals surface area contributed by atoms with E-state index in [1.54, 1.807) is 0 Å². The summed E-state index contributed by atoms with van der Waals surface area (Å²) in [6.45, 7) is 6.37. The number of hydrogen-bond acceptors (Lipinski definition) is 6. The second-order valence-electron chi connectivity index (χ2n) is 22.0. The summed E-state index contributed by atoms with van der Waals surface area (Å²) in [6.07, 6.45) is 101. The molecule has 6 heteroatoms. The van der Waals surface area contributed by atoms with Gasteiger partial charge in [-0.3, -0.25) is 14.4 Å². The van der Waals surface area contributed by atoms with Crippen molar-refractivity contribution in [2.45, 2.75) is 297 Å². The van der Waals surface area contributed by atoms with Crippen molar-refractivity contribution >= 4 is 17.9 Å². The van der Waals surface area contributed by atoms with Gasteiger partial charge in [-0.05, 0) is 148 Å². The molecule has 0 bridgehead atoms. The molecule has 0 N–H and O–H groups in total. The van der Waals surface area contributed by atoms with Gasteiger partial charge in [-0.2, -0.15) is 0 Å². The molecule has 0 saturated carbocycles. The van der Waals surface area contributed by atoms with Crippen molar-refractivity contribution in [3.05, 3.63) is 158 Å². The molecule has 0 radical (unpaired) electrons. The SMILES string of the molecule is CC/C=C\C/C=C\C/C=C\C/C=C\C/C=C\C/C=C\CCCCCCCCCCC(=O)OCC(COC(=O)CCCCCCCCC/C=C\C/C=C\CCCCC)OC(=O)CCCCCCC/C=C\C/C=C\C/C=C\C/C=C\C/C=C\CC. The second-order valence-corrected chi connectivity index (χ2v) is 22.0. The van der Waals surface area contributed by atoms with Crippen LogP contribution in [0.15, 0.2) is 158 Å². The van der Waals surface area contributed by atoms with Gasteiger partial charge in [-0.1, -0.05) is 281 Å². The van der Waals surface area contributed by atoms with Gasteiger partial charge in [0.2, 0.25) is 0 Å². The molecule has 1 unspecified atom stereocenters. The topological polar surface area (TPSA) is 78.9 Å². The lowest BCUT2D eigenvalue weighted by Crippen LogP contribution is -2.30. The summed E-state index contributed by atoms with van der Waals surface area (Å²) in [5.41, 5.74) is 0. The van der Waals surface area contributed by atoms with Gasteiger partial charge in [0, 0.05) is 19.3 Å². The van der Waals surface area contributed by atoms with Crippen molar-refractivity contribution in [3.63, 3.8) is 0 Å². The molecule has 0 heterocycles. The molecule has 0 aliphatic rings. The zero-order valence-corrected chi connectivity index (χ0v) is 53.7. The summed E-state index contributed by atoms with van der Waals surface area (Å²) >= 11 is 0. The summed E-state index contributed by atoms with van der Waals surface area (Å²) in [7, 11) is 0. The molecule has 0 saturated heterocycles. The lowest BCUT2D eigenvalue weighted by Gasteiger charge is -2.18. The number of carbonyl (C=O) groups excluding carboxylic acids is 3. The van der Waals surface area contributed by atoms with E-state index in [0.717, 1.165) is 167 Å². The molecular weight excluding hydrogens is 1020 g/mol. The molecule has 0 aliphatic carbocycles. The van der Waals surface area contributed by atoms with Crippen LogP contribution in [0.25, 0.3) is 0 Å². The number of hydrogen-bond donors (Lipinski definition) is 0. The van der Waals surface area contributed by atoms with E-state index in [1.807, 2.05) is 0 Å². The van der Waals surface area contributed by atoms with Crippen molar-refractivity contribution in [2.75, 3.05) is 13.2 Å². The van der Waals surface area contributed by atoms with Crippen LogP contribution < -0.4 is 0 Å². The van der Waals surface area contributed by atoms with Crippen LogP contribution in [0, 0.1) is 0 Å². The van der Waals surface area contributed by atoms with Gasteiger partial charge >= 0.3 is 17.9 Å². The Hall–Kier alpha value is -4.97. The van der Waals surface area contributed by atoms with Gasteiger partial charge in [-0.25, -0.2) is 0 Å². The zero-order valence-electron chi connectivity index (χ0n) is 53.7. The van der Waals surface area contributed by atoms with Crippen molar-refractivity contribution < 1.29 is 28.6 Å². The fourth-order valence-electron chi connectivity index (χ4n) is 8.97. The largest absolute Gasteiger partial charge is 0.462 e. The smallest absolute Gasteiger partial charge is 0.306 e. The maximum Gasteiger partial charge on any atom is 0.306 e. The summed E-state index contributed by atoms with van der Waals surface area (Å²) in [5.74, 6) is -0.931. The fraction of sp³-hybridized carbons (Fsp3) is 0.623. The highest BCUT2D eigenvalue weighted by atomic mass is 16.6. The predicted octanol–water partition coefficient (Wildman–Crippen LogP) is 23.7. The highest BCUT2D eigenvalue weighted by Gasteiger charge is 2.19. The molecule has 0 aliphatic heterocycles. The van der Waals surface area contributed by atoms with Gasteiger partial charge in [0.1, 0.15) is 13.2 Å². The Morgan fingerprint density at radius 2 is 0.470 bits per heavy atom. The highest BCUT2D eigenvalue weighted by molar-refractivity contribution is 5.71. The van der Waals surface area contributed by atoms with E-state index in [4.69, 9.17) is 14.2 Å². The Bertz CT molecular complexity index is 1840. The summed E-state index contributed by atoms with van der Waals surface area (Å²) < 4.78 is 17.0. The molecular formula is C77H124O6. The number of allylic oxidation sites excluding steroid dienone is 26. The van der Waals surface area contributed by atoms with E-state index in [2.05, 4.69) is 179 Å². The van der Waals surface area contributed by atoms with E-state index >= 15 is 0 Å². The molecule has 83 heavy (non-hydrogen) atoms. The summed E-state index contributed by atoms with van der Waals surface area (Å²) in [4.78, 5) is 38.5. The lowest BCUT2D eigenvalue weighted by atomic mass is 10.1. The number of carbonyl (C=O) groups is 3. The molecule has 1 atom stereocenters. The van der Waals surface area contributed by atoms with Crippen molar-refractivity contribution in [1.82, 2.24) is 0 Å². The molecule has 468 valence electrons. The van der Waals surface area contributed by atoms with E-state index in [-0.39, 0.29) is 31.1 Å². The standard InChI is InChI=1S/C77H124O6/c1-4-7-10-13-16-19-22-25-28-31-33-35-36-37-38-39-40-42-43-46-49-52-55-58-61-64-67-70-76(79)82-73-74(72-81-75(78)69-66-63-60-57-54-51-48-45-30-27-24-21-18-15-12-9-6-3)83-77(80)71-68-65-62-59-56-53-50-47-44-41-34-32-29-26-23-20-17-14-11-8-5-2/h7-8,10-11,16-21,25-30,33-35,37-38,40-42,47,50,74H,4-6,9,12-15,22-24,31-32,36,39,43-46,48-49,51-73H2,1-3H3/b10-7-,11-8-,19-16-,20-17-,21-18-,28-25-,29-26-,30-27-,35-33-,38-37-,41-34-,42-40-,50-47-. The number of ether oxygens (including phenoxy) is 3. The third kappa shape index (κ3) is 67.7. The average molecular weight is 1150 g/mol. The minimum atomic E-state index is -0.805. The van der Waals surface area contributed by atoms with Crippen LogP contribution in [0.1, 0.15) is 290 Å². The van der Waals surface area contributed by atoms with Crippen molar-refractivity contribution in [1.29, 1.82) is 0 Å². The van der Waals surface area contributed by atoms with Crippen LogP contribution in [0.5, 0.6) is 0 Å². The lowest BCUT2D eigenvalue weighted by molar-refractivity contribution is -0.167.